The van der Waals surface area contributed by atoms with Crippen molar-refractivity contribution in [3.63, 3.8) is 0 Å². The SMILES string of the molecule is Cc1cccc(Cl)c1N1CC=C[C@]23S[C@H]4/C=C\CCCCOC(=O)[C@H]4[C@H]2C(=O)N(CCCO)C3C1=O. The van der Waals surface area contributed by atoms with Crippen molar-refractivity contribution >= 4 is 46.8 Å². The third-order valence-electron chi connectivity index (χ3n) is 7.62. The number of aliphatic hydroxyl groups is 1. The van der Waals surface area contributed by atoms with Gasteiger partial charge in [-0.05, 0) is 44.2 Å². The molecule has 1 N–H and O–H groups in total. The molecule has 36 heavy (non-hydrogen) atoms. The van der Waals surface area contributed by atoms with Crippen molar-refractivity contribution in [2.75, 3.05) is 31.2 Å². The number of benzene rings is 1. The predicted octanol–water partition coefficient (Wildman–Crippen LogP) is 3.51. The van der Waals surface area contributed by atoms with Gasteiger partial charge in [0.15, 0.2) is 0 Å². The van der Waals surface area contributed by atoms with Crippen molar-refractivity contribution in [1.82, 2.24) is 4.90 Å². The average molecular weight is 531 g/mol. The lowest BCUT2D eigenvalue weighted by atomic mass is 9.78. The number of cyclic esters (lactones) is 1. The number of aryl methyl sites for hydroxylation is 1. The molecule has 7 nitrogen and oxygen atoms in total. The average Bonchev–Trinajstić information content (AvgIpc) is 3.23. The molecule has 192 valence electrons. The van der Waals surface area contributed by atoms with Crippen molar-refractivity contribution in [3.05, 3.63) is 53.1 Å². The zero-order valence-corrected chi connectivity index (χ0v) is 21.8. The Morgan fingerprint density at radius 3 is 2.81 bits per heavy atom. The van der Waals surface area contributed by atoms with Crippen LogP contribution in [0.3, 0.4) is 0 Å². The van der Waals surface area contributed by atoms with Gasteiger partial charge < -0.3 is 19.6 Å². The second-order valence-corrected chi connectivity index (χ2v) is 11.7. The van der Waals surface area contributed by atoms with Gasteiger partial charge in [0.2, 0.25) is 5.91 Å². The molecule has 1 aromatic carbocycles. The molecular weight excluding hydrogens is 500 g/mol. The molecule has 0 saturated carbocycles. The molecule has 2 saturated heterocycles. The summed E-state index contributed by atoms with van der Waals surface area (Å²) >= 11 is 8.08. The molecule has 9 heteroatoms. The van der Waals surface area contributed by atoms with E-state index < -0.39 is 22.6 Å². The number of anilines is 1. The van der Waals surface area contributed by atoms with Gasteiger partial charge in [-0.1, -0.05) is 48.0 Å². The van der Waals surface area contributed by atoms with Gasteiger partial charge in [-0.25, -0.2) is 0 Å². The van der Waals surface area contributed by atoms with Gasteiger partial charge in [-0.3, -0.25) is 14.4 Å². The highest BCUT2D eigenvalue weighted by Gasteiger charge is 2.70. The van der Waals surface area contributed by atoms with Crippen LogP contribution in [0.1, 0.15) is 31.2 Å². The number of nitrogens with zero attached hydrogens (tertiary/aromatic N) is 2. The number of likely N-dealkylation sites (tertiary alicyclic amines) is 1. The largest absolute Gasteiger partial charge is 0.465 e. The van der Waals surface area contributed by atoms with Crippen LogP contribution in [-0.2, 0) is 19.1 Å². The molecule has 2 fully saturated rings. The number of para-hydroxylation sites is 1. The van der Waals surface area contributed by atoms with Crippen molar-refractivity contribution in [3.8, 4) is 0 Å². The van der Waals surface area contributed by atoms with Gasteiger partial charge in [0.1, 0.15) is 6.04 Å². The molecule has 0 radical (unpaired) electrons. The van der Waals surface area contributed by atoms with E-state index in [9.17, 15) is 19.5 Å². The van der Waals surface area contributed by atoms with Gasteiger partial charge in [0, 0.05) is 24.9 Å². The van der Waals surface area contributed by atoms with Crippen LogP contribution in [0.5, 0.6) is 0 Å². The first-order valence-electron chi connectivity index (χ1n) is 12.6. The molecule has 2 amide bonds. The number of carbonyl (C=O) groups is 3. The highest BCUT2D eigenvalue weighted by atomic mass is 35.5. The van der Waals surface area contributed by atoms with Crippen LogP contribution in [0.15, 0.2) is 42.5 Å². The van der Waals surface area contributed by atoms with E-state index >= 15 is 0 Å². The smallest absolute Gasteiger partial charge is 0.311 e. The number of fused-ring (bicyclic) bond motifs is 2. The topological polar surface area (TPSA) is 87.2 Å². The zero-order chi connectivity index (χ0) is 25.4. The van der Waals surface area contributed by atoms with Crippen molar-refractivity contribution < 1.29 is 24.2 Å². The molecule has 1 spiro atoms. The van der Waals surface area contributed by atoms with E-state index in [2.05, 4.69) is 6.08 Å². The van der Waals surface area contributed by atoms with Crippen LogP contribution in [-0.4, -0.2) is 70.1 Å². The Labute approximate surface area is 220 Å². The number of rotatable bonds is 4. The zero-order valence-electron chi connectivity index (χ0n) is 20.3. The Balaban J connectivity index is 1.62. The lowest BCUT2D eigenvalue weighted by Crippen LogP contribution is -2.53. The van der Waals surface area contributed by atoms with Crippen LogP contribution in [0.25, 0.3) is 0 Å². The van der Waals surface area contributed by atoms with Gasteiger partial charge in [0.25, 0.3) is 5.91 Å². The number of allylic oxidation sites excluding steroid dienone is 1. The maximum Gasteiger partial charge on any atom is 0.311 e. The normalized spacial score (nSPS) is 33.0. The molecule has 1 unspecified atom stereocenters. The quantitative estimate of drug-likeness (QED) is 0.473. The monoisotopic (exact) mass is 530 g/mol. The maximum absolute atomic E-state index is 14.3. The maximum atomic E-state index is 14.3. The van der Waals surface area contributed by atoms with E-state index in [1.807, 2.05) is 37.3 Å². The van der Waals surface area contributed by atoms with Crippen LogP contribution in [0, 0.1) is 18.8 Å². The number of hydrogen-bond donors (Lipinski definition) is 1. The summed E-state index contributed by atoms with van der Waals surface area (Å²) in [7, 11) is 0. The Bertz CT molecular complexity index is 1100. The first-order valence-corrected chi connectivity index (χ1v) is 13.8. The second-order valence-electron chi connectivity index (χ2n) is 9.80. The molecule has 4 aliphatic rings. The fraction of sp³-hybridized carbons (Fsp3) is 0.519. The third kappa shape index (κ3) is 4.07. The molecule has 5 rings (SSSR count). The Hall–Kier alpha value is -2.29. The summed E-state index contributed by atoms with van der Waals surface area (Å²) in [6.45, 7) is 2.68. The van der Waals surface area contributed by atoms with Crippen LogP contribution in [0.2, 0.25) is 5.02 Å². The third-order valence-corrected chi connectivity index (χ3v) is 9.67. The molecular formula is C27H31ClN2O5S. The number of aliphatic hydroxyl groups excluding tert-OH is 1. The number of thioether (sulfide) groups is 1. The number of esters is 1. The molecule has 1 aromatic rings. The van der Waals surface area contributed by atoms with Gasteiger partial charge in [-0.2, -0.15) is 0 Å². The Morgan fingerprint density at radius 1 is 1.19 bits per heavy atom. The highest BCUT2D eigenvalue weighted by molar-refractivity contribution is 8.02. The summed E-state index contributed by atoms with van der Waals surface area (Å²) in [6, 6.07) is 4.69. The van der Waals surface area contributed by atoms with Gasteiger partial charge in [-0.15, -0.1) is 11.8 Å². The number of hydrogen-bond acceptors (Lipinski definition) is 6. The number of ether oxygens (including phenoxy) is 1. The van der Waals surface area contributed by atoms with E-state index in [-0.39, 0.29) is 36.2 Å². The first kappa shape index (κ1) is 25.4. The van der Waals surface area contributed by atoms with Crippen LogP contribution >= 0.6 is 23.4 Å². The van der Waals surface area contributed by atoms with E-state index in [4.69, 9.17) is 16.3 Å². The minimum absolute atomic E-state index is 0.102. The summed E-state index contributed by atoms with van der Waals surface area (Å²) in [5.74, 6) is -2.23. The minimum Gasteiger partial charge on any atom is -0.465 e. The summed E-state index contributed by atoms with van der Waals surface area (Å²) in [6.07, 6.45) is 10.9. The van der Waals surface area contributed by atoms with E-state index in [0.29, 0.717) is 30.3 Å². The van der Waals surface area contributed by atoms with Crippen molar-refractivity contribution in [2.24, 2.45) is 11.8 Å². The second kappa shape index (κ2) is 10.2. The Kier molecular flexibility index (Phi) is 7.21. The molecule has 5 atom stereocenters. The van der Waals surface area contributed by atoms with Crippen molar-refractivity contribution in [2.45, 2.75) is 48.6 Å². The lowest BCUT2D eigenvalue weighted by Gasteiger charge is -2.35. The fourth-order valence-corrected chi connectivity index (χ4v) is 8.39. The fourth-order valence-electron chi connectivity index (χ4n) is 6.06. The molecule has 0 aliphatic carbocycles. The number of carbonyl (C=O) groups excluding carboxylic acids is 3. The first-order chi connectivity index (χ1) is 17.4. The summed E-state index contributed by atoms with van der Waals surface area (Å²) < 4.78 is 4.71. The Morgan fingerprint density at radius 2 is 2.03 bits per heavy atom. The lowest BCUT2D eigenvalue weighted by molar-refractivity contribution is -0.153. The summed E-state index contributed by atoms with van der Waals surface area (Å²) in [5, 5.41) is 9.74. The number of halogens is 1. The van der Waals surface area contributed by atoms with Crippen LogP contribution in [0.4, 0.5) is 5.69 Å². The van der Waals surface area contributed by atoms with Crippen LogP contribution < -0.4 is 4.90 Å². The molecule has 0 aromatic heterocycles. The molecule has 4 heterocycles. The van der Waals surface area contributed by atoms with Gasteiger partial charge in [0.05, 0.1) is 33.9 Å². The van der Waals surface area contributed by atoms with E-state index in [1.165, 1.54) is 11.8 Å². The molecule has 0 bridgehead atoms. The standard InChI is InChI=1S/C27H31ClN2O5S/c1-17-9-6-10-18(28)22(17)29-13-7-12-27-21(24(32)30(14-8-15-31)23(27)25(29)33)20-19(36-27)11-4-2-3-5-16-35-26(20)34/h4,6-7,9-12,19-21,23,31H,2-3,5,8,13-16H2,1H3/b11-4-/t19-,20+,21-,23?,27-/m0/s1. The minimum atomic E-state index is -0.916. The predicted molar refractivity (Wildman–Crippen MR) is 140 cm³/mol. The van der Waals surface area contributed by atoms with Gasteiger partial charge >= 0.3 is 5.97 Å². The van der Waals surface area contributed by atoms with Crippen molar-refractivity contribution in [1.29, 1.82) is 0 Å². The summed E-state index contributed by atoms with van der Waals surface area (Å²) in [5.41, 5.74) is 1.49. The highest BCUT2D eigenvalue weighted by Crippen LogP contribution is 2.61. The van der Waals surface area contributed by atoms with E-state index in [0.717, 1.165) is 24.8 Å². The number of amides is 2. The van der Waals surface area contributed by atoms with E-state index in [1.54, 1.807) is 15.9 Å². The summed E-state index contributed by atoms with van der Waals surface area (Å²) in [4.78, 5) is 44.9. The molecule has 4 aliphatic heterocycles.